The van der Waals surface area contributed by atoms with Crippen LogP contribution >= 0.6 is 11.6 Å². The molecule has 0 saturated carbocycles. The van der Waals surface area contributed by atoms with Crippen LogP contribution in [0.25, 0.3) is 11.3 Å². The molecule has 0 atom stereocenters. The number of halogens is 1. The monoisotopic (exact) mass is 303 g/mol. The van der Waals surface area contributed by atoms with Crippen LogP contribution in [0.3, 0.4) is 0 Å². The number of carbonyl (C=O) groups is 1. The molecule has 0 bridgehead atoms. The molecule has 21 heavy (non-hydrogen) atoms. The van der Waals surface area contributed by atoms with Gasteiger partial charge in [0.2, 0.25) is 0 Å². The summed E-state index contributed by atoms with van der Waals surface area (Å²) in [6, 6.07) is 8.99. The molecule has 106 valence electrons. The average molecular weight is 304 g/mol. The first-order valence-corrected chi connectivity index (χ1v) is 6.47. The molecule has 0 aliphatic rings. The lowest BCUT2D eigenvalue weighted by Crippen LogP contribution is -2.00. The van der Waals surface area contributed by atoms with Crippen LogP contribution in [0.15, 0.2) is 47.2 Å². The van der Waals surface area contributed by atoms with E-state index >= 15 is 0 Å². The third-order valence-corrected chi connectivity index (χ3v) is 3.14. The maximum Gasteiger partial charge on any atom is 0.338 e. The standard InChI is InChI=1S/C14H10ClN3O3/c15-11-3-1-9(2-4-11)13-5-12(17-21-13)8-18-7-10(6-16-18)14(19)20/h1-7H,8H2,(H,19,20). The van der Waals surface area contributed by atoms with Gasteiger partial charge in [-0.15, -0.1) is 0 Å². The number of hydrogen-bond donors (Lipinski definition) is 1. The van der Waals surface area contributed by atoms with E-state index in [2.05, 4.69) is 10.3 Å². The van der Waals surface area contributed by atoms with Crippen molar-refractivity contribution in [3.63, 3.8) is 0 Å². The highest BCUT2D eigenvalue weighted by molar-refractivity contribution is 6.30. The van der Waals surface area contributed by atoms with Crippen LogP contribution in [0.4, 0.5) is 0 Å². The van der Waals surface area contributed by atoms with Gasteiger partial charge in [-0.3, -0.25) is 4.68 Å². The predicted octanol–water partition coefficient (Wildman–Crippen LogP) is 2.94. The maximum absolute atomic E-state index is 10.8. The summed E-state index contributed by atoms with van der Waals surface area (Å²) in [5, 5.41) is 17.4. The number of aromatic carboxylic acids is 1. The Bertz CT molecular complexity index is 777. The van der Waals surface area contributed by atoms with Gasteiger partial charge in [0.05, 0.1) is 18.3 Å². The van der Waals surface area contributed by atoms with E-state index in [-0.39, 0.29) is 5.56 Å². The van der Waals surface area contributed by atoms with Gasteiger partial charge in [-0.1, -0.05) is 16.8 Å². The fraction of sp³-hybridized carbons (Fsp3) is 0.0714. The second-order valence-electron chi connectivity index (χ2n) is 4.42. The largest absolute Gasteiger partial charge is 0.478 e. The summed E-state index contributed by atoms with van der Waals surface area (Å²) in [4.78, 5) is 10.8. The lowest BCUT2D eigenvalue weighted by atomic mass is 10.1. The number of benzene rings is 1. The van der Waals surface area contributed by atoms with E-state index in [0.29, 0.717) is 23.0 Å². The molecular weight excluding hydrogens is 294 g/mol. The van der Waals surface area contributed by atoms with Crippen molar-refractivity contribution in [1.82, 2.24) is 14.9 Å². The van der Waals surface area contributed by atoms with Gasteiger partial charge in [-0.25, -0.2) is 4.79 Å². The van der Waals surface area contributed by atoms with E-state index in [9.17, 15) is 4.79 Å². The summed E-state index contributed by atoms with van der Waals surface area (Å²) < 4.78 is 6.76. The van der Waals surface area contributed by atoms with Crippen molar-refractivity contribution in [2.45, 2.75) is 6.54 Å². The summed E-state index contributed by atoms with van der Waals surface area (Å²) in [5.74, 6) is -0.393. The van der Waals surface area contributed by atoms with E-state index in [0.717, 1.165) is 5.56 Å². The molecule has 0 aliphatic heterocycles. The molecule has 3 aromatic rings. The van der Waals surface area contributed by atoms with E-state index in [4.69, 9.17) is 21.2 Å². The van der Waals surface area contributed by atoms with Gasteiger partial charge >= 0.3 is 5.97 Å². The Hall–Kier alpha value is -2.60. The van der Waals surface area contributed by atoms with Crippen LogP contribution in [0.2, 0.25) is 5.02 Å². The zero-order chi connectivity index (χ0) is 14.8. The van der Waals surface area contributed by atoms with Crippen molar-refractivity contribution < 1.29 is 14.4 Å². The second kappa shape index (κ2) is 5.41. The third-order valence-electron chi connectivity index (χ3n) is 2.89. The Morgan fingerprint density at radius 2 is 2.10 bits per heavy atom. The van der Waals surface area contributed by atoms with Gasteiger partial charge in [0, 0.05) is 22.8 Å². The molecule has 0 saturated heterocycles. The van der Waals surface area contributed by atoms with Crippen molar-refractivity contribution in [3.05, 3.63) is 59.0 Å². The van der Waals surface area contributed by atoms with Crippen LogP contribution in [0.5, 0.6) is 0 Å². The molecule has 6 nitrogen and oxygen atoms in total. The molecule has 0 fully saturated rings. The van der Waals surface area contributed by atoms with Gasteiger partial charge < -0.3 is 9.63 Å². The summed E-state index contributed by atoms with van der Waals surface area (Å²) in [7, 11) is 0. The van der Waals surface area contributed by atoms with E-state index < -0.39 is 5.97 Å². The first-order chi connectivity index (χ1) is 10.1. The molecule has 2 heterocycles. The minimum atomic E-state index is -1.01. The minimum Gasteiger partial charge on any atom is -0.478 e. The summed E-state index contributed by atoms with van der Waals surface area (Å²) in [6.07, 6.45) is 2.74. The lowest BCUT2D eigenvalue weighted by molar-refractivity contribution is 0.0697. The number of aromatic nitrogens is 3. The van der Waals surface area contributed by atoms with Gasteiger partial charge in [-0.2, -0.15) is 5.10 Å². The first kappa shape index (κ1) is 13.4. The van der Waals surface area contributed by atoms with Gasteiger partial charge in [0.1, 0.15) is 5.69 Å². The van der Waals surface area contributed by atoms with Crippen molar-refractivity contribution >= 4 is 17.6 Å². The van der Waals surface area contributed by atoms with Crippen molar-refractivity contribution in [2.75, 3.05) is 0 Å². The Labute approximate surface area is 124 Å². The molecule has 1 aromatic carbocycles. The summed E-state index contributed by atoms with van der Waals surface area (Å²) in [5.41, 5.74) is 1.65. The highest BCUT2D eigenvalue weighted by Crippen LogP contribution is 2.22. The Kier molecular flexibility index (Phi) is 3.45. The summed E-state index contributed by atoms with van der Waals surface area (Å²) in [6.45, 7) is 0.338. The number of carboxylic acids is 1. The van der Waals surface area contributed by atoms with E-state index in [1.165, 1.54) is 17.1 Å². The quantitative estimate of drug-likeness (QED) is 0.801. The third kappa shape index (κ3) is 2.95. The average Bonchev–Trinajstić information content (AvgIpc) is 3.10. The molecule has 1 N–H and O–H groups in total. The molecular formula is C14H10ClN3O3. The topological polar surface area (TPSA) is 81.1 Å². The molecule has 0 aliphatic carbocycles. The highest BCUT2D eigenvalue weighted by atomic mass is 35.5. The van der Waals surface area contributed by atoms with Crippen LogP contribution in [0, 0.1) is 0 Å². The molecule has 0 unspecified atom stereocenters. The van der Waals surface area contributed by atoms with Crippen LogP contribution in [-0.2, 0) is 6.54 Å². The smallest absolute Gasteiger partial charge is 0.338 e. The number of carboxylic acid groups (broad SMARTS) is 1. The molecule has 0 radical (unpaired) electrons. The van der Waals surface area contributed by atoms with Crippen molar-refractivity contribution in [3.8, 4) is 11.3 Å². The molecule has 3 rings (SSSR count). The summed E-state index contributed by atoms with van der Waals surface area (Å²) >= 11 is 5.83. The predicted molar refractivity (Wildman–Crippen MR) is 75.2 cm³/mol. The van der Waals surface area contributed by atoms with E-state index in [1.807, 2.05) is 12.1 Å². The molecule has 0 spiro atoms. The zero-order valence-corrected chi connectivity index (χ0v) is 11.5. The SMILES string of the molecule is O=C(O)c1cnn(Cc2cc(-c3ccc(Cl)cc3)on2)c1. The van der Waals surface area contributed by atoms with Crippen molar-refractivity contribution in [1.29, 1.82) is 0 Å². The van der Waals surface area contributed by atoms with Gasteiger partial charge in [-0.05, 0) is 24.3 Å². The number of nitrogens with zero attached hydrogens (tertiary/aromatic N) is 3. The van der Waals surface area contributed by atoms with Gasteiger partial charge in [0.15, 0.2) is 5.76 Å². The number of hydrogen-bond acceptors (Lipinski definition) is 4. The van der Waals surface area contributed by atoms with Crippen LogP contribution in [0.1, 0.15) is 16.1 Å². The fourth-order valence-electron chi connectivity index (χ4n) is 1.86. The Balaban J connectivity index is 1.78. The fourth-order valence-corrected chi connectivity index (χ4v) is 1.99. The van der Waals surface area contributed by atoms with E-state index in [1.54, 1.807) is 18.2 Å². The molecule has 7 heteroatoms. The second-order valence-corrected chi connectivity index (χ2v) is 4.86. The zero-order valence-electron chi connectivity index (χ0n) is 10.7. The lowest BCUT2D eigenvalue weighted by Gasteiger charge is -1.95. The van der Waals surface area contributed by atoms with Gasteiger partial charge in [0.25, 0.3) is 0 Å². The minimum absolute atomic E-state index is 0.136. The Morgan fingerprint density at radius 1 is 1.33 bits per heavy atom. The maximum atomic E-state index is 10.8. The number of rotatable bonds is 4. The molecule has 2 aromatic heterocycles. The van der Waals surface area contributed by atoms with Crippen molar-refractivity contribution in [2.24, 2.45) is 0 Å². The Morgan fingerprint density at radius 3 is 2.76 bits per heavy atom. The van der Waals surface area contributed by atoms with Crippen LogP contribution < -0.4 is 0 Å². The first-order valence-electron chi connectivity index (χ1n) is 6.09. The normalized spacial score (nSPS) is 10.7. The highest BCUT2D eigenvalue weighted by Gasteiger charge is 2.10. The molecule has 0 amide bonds. The van der Waals surface area contributed by atoms with Crippen LogP contribution in [-0.4, -0.2) is 26.0 Å².